The number of nitrogens with zero attached hydrogens (tertiary/aromatic N) is 2. The Morgan fingerprint density at radius 2 is 1.90 bits per heavy atom. The molecule has 2 rings (SSSR count). The molecule has 0 radical (unpaired) electrons. The van der Waals surface area contributed by atoms with Gasteiger partial charge in [-0.1, -0.05) is 31.2 Å². The van der Waals surface area contributed by atoms with Crippen molar-refractivity contribution >= 4 is 29.3 Å². The zero-order chi connectivity index (χ0) is 22.8. The predicted molar refractivity (Wildman–Crippen MR) is 121 cm³/mol. The van der Waals surface area contributed by atoms with Crippen LogP contribution in [0.5, 0.6) is 5.75 Å². The molecule has 2 aromatic rings. The summed E-state index contributed by atoms with van der Waals surface area (Å²) >= 11 is 1.41. The smallest absolute Gasteiger partial charge is 0.269 e. The third kappa shape index (κ3) is 6.99. The average molecular weight is 446 g/mol. The quantitative estimate of drug-likeness (QED) is 0.420. The molecule has 0 spiro atoms. The molecule has 0 aliphatic heterocycles. The Morgan fingerprint density at radius 3 is 2.48 bits per heavy atom. The van der Waals surface area contributed by atoms with Crippen molar-refractivity contribution < 1.29 is 19.2 Å². The fourth-order valence-electron chi connectivity index (χ4n) is 3.11. The lowest BCUT2D eigenvalue weighted by atomic mass is 10.1. The van der Waals surface area contributed by atoms with Crippen molar-refractivity contribution in [2.24, 2.45) is 0 Å². The maximum atomic E-state index is 13.1. The summed E-state index contributed by atoms with van der Waals surface area (Å²) in [6.45, 7) is 2.16. The van der Waals surface area contributed by atoms with Crippen molar-refractivity contribution in [3.63, 3.8) is 0 Å². The third-order valence-electron chi connectivity index (χ3n) is 4.76. The number of benzene rings is 2. The van der Waals surface area contributed by atoms with Crippen molar-refractivity contribution in [3.8, 4) is 5.75 Å². The predicted octanol–water partition coefficient (Wildman–Crippen LogP) is 3.39. The van der Waals surface area contributed by atoms with Crippen LogP contribution in [0.3, 0.4) is 0 Å². The fourth-order valence-corrected chi connectivity index (χ4v) is 3.98. The number of hydrogen-bond donors (Lipinski definition) is 1. The number of non-ortho nitro benzene ring substituents is 1. The Morgan fingerprint density at radius 1 is 1.19 bits per heavy atom. The molecule has 0 aliphatic carbocycles. The largest absolute Gasteiger partial charge is 0.497 e. The van der Waals surface area contributed by atoms with Gasteiger partial charge in [-0.2, -0.15) is 0 Å². The normalized spacial score (nSPS) is 11.5. The number of methoxy groups -OCH3 is 1. The van der Waals surface area contributed by atoms with E-state index in [1.54, 1.807) is 31.2 Å². The first-order valence-corrected chi connectivity index (χ1v) is 11.0. The lowest BCUT2D eigenvalue weighted by Crippen LogP contribution is -2.48. The third-order valence-corrected chi connectivity index (χ3v) is 5.75. The Balaban J connectivity index is 2.09. The van der Waals surface area contributed by atoms with Gasteiger partial charge < -0.3 is 15.0 Å². The minimum Gasteiger partial charge on any atom is -0.497 e. The van der Waals surface area contributed by atoms with Gasteiger partial charge in [0.05, 0.1) is 17.8 Å². The molecule has 0 aromatic heterocycles. The van der Waals surface area contributed by atoms with E-state index in [9.17, 15) is 19.7 Å². The molecule has 0 heterocycles. The van der Waals surface area contributed by atoms with Gasteiger partial charge in [-0.25, -0.2) is 0 Å². The SMILES string of the molecule is CC[C@@H](C(=O)NC)N(Cc1cccc(OC)c1)C(=O)CSCc1ccc([N+](=O)[O-])cc1. The number of carbonyl (C=O) groups is 2. The Bertz CT molecular complexity index is 904. The molecule has 2 amide bonds. The Hall–Kier alpha value is -3.07. The van der Waals surface area contributed by atoms with Gasteiger partial charge >= 0.3 is 0 Å². The van der Waals surface area contributed by atoms with Crippen LogP contribution in [0, 0.1) is 10.1 Å². The van der Waals surface area contributed by atoms with E-state index in [0.717, 1.165) is 11.1 Å². The molecule has 31 heavy (non-hydrogen) atoms. The summed E-state index contributed by atoms with van der Waals surface area (Å²) in [6.07, 6.45) is 0.488. The van der Waals surface area contributed by atoms with Crippen molar-refractivity contribution in [2.45, 2.75) is 31.7 Å². The molecular weight excluding hydrogens is 418 g/mol. The van der Waals surface area contributed by atoms with Gasteiger partial charge in [-0.05, 0) is 29.7 Å². The summed E-state index contributed by atoms with van der Waals surface area (Å²) in [7, 11) is 3.14. The van der Waals surface area contributed by atoms with E-state index < -0.39 is 11.0 Å². The van der Waals surface area contributed by atoms with Crippen molar-refractivity contribution in [3.05, 3.63) is 69.8 Å². The summed E-state index contributed by atoms with van der Waals surface area (Å²) < 4.78 is 5.26. The highest BCUT2D eigenvalue weighted by atomic mass is 32.2. The minimum atomic E-state index is -0.580. The highest BCUT2D eigenvalue weighted by molar-refractivity contribution is 7.99. The number of amides is 2. The number of hydrogen-bond acceptors (Lipinski definition) is 6. The van der Waals surface area contributed by atoms with Crippen LogP contribution >= 0.6 is 11.8 Å². The second-order valence-corrected chi connectivity index (χ2v) is 7.81. The first-order valence-electron chi connectivity index (χ1n) is 9.84. The molecule has 0 saturated heterocycles. The van der Waals surface area contributed by atoms with Gasteiger partial charge in [0.1, 0.15) is 11.8 Å². The highest BCUT2D eigenvalue weighted by Crippen LogP contribution is 2.20. The molecule has 1 N–H and O–H groups in total. The lowest BCUT2D eigenvalue weighted by molar-refractivity contribution is -0.384. The van der Waals surface area contributed by atoms with Crippen LogP contribution in [0.2, 0.25) is 0 Å². The van der Waals surface area contributed by atoms with Gasteiger partial charge in [-0.15, -0.1) is 11.8 Å². The van der Waals surface area contributed by atoms with Crippen molar-refractivity contribution in [2.75, 3.05) is 19.9 Å². The van der Waals surface area contributed by atoms with E-state index in [-0.39, 0.29) is 23.3 Å². The summed E-state index contributed by atoms with van der Waals surface area (Å²) in [5.41, 5.74) is 1.79. The number of ether oxygens (including phenoxy) is 1. The summed E-state index contributed by atoms with van der Waals surface area (Å²) in [4.78, 5) is 37.4. The summed E-state index contributed by atoms with van der Waals surface area (Å²) in [6, 6.07) is 13.1. The number of nitro benzene ring substituents is 1. The van der Waals surface area contributed by atoms with Crippen molar-refractivity contribution in [1.82, 2.24) is 10.2 Å². The van der Waals surface area contributed by atoms with Crippen LogP contribution in [-0.2, 0) is 21.9 Å². The first-order chi connectivity index (χ1) is 14.9. The lowest BCUT2D eigenvalue weighted by Gasteiger charge is -2.30. The second-order valence-electron chi connectivity index (χ2n) is 6.83. The second kappa shape index (κ2) is 11.9. The molecular formula is C22H27N3O5S. The van der Waals surface area contributed by atoms with E-state index >= 15 is 0 Å². The molecule has 8 nitrogen and oxygen atoms in total. The van der Waals surface area contributed by atoms with Crippen LogP contribution in [0.1, 0.15) is 24.5 Å². The summed E-state index contributed by atoms with van der Waals surface area (Å²) in [5.74, 6) is 1.05. The van der Waals surface area contributed by atoms with Crippen LogP contribution in [0.4, 0.5) is 5.69 Å². The molecule has 0 saturated carbocycles. The summed E-state index contributed by atoms with van der Waals surface area (Å²) in [5, 5.41) is 13.4. The number of rotatable bonds is 11. The number of carbonyl (C=O) groups excluding carboxylic acids is 2. The molecule has 9 heteroatoms. The van der Waals surface area contributed by atoms with Gasteiger partial charge in [-0.3, -0.25) is 19.7 Å². The van der Waals surface area contributed by atoms with E-state index in [2.05, 4.69) is 5.32 Å². The molecule has 0 fully saturated rings. The highest BCUT2D eigenvalue weighted by Gasteiger charge is 2.27. The van der Waals surface area contributed by atoms with Gasteiger partial charge in [0.2, 0.25) is 11.8 Å². The standard InChI is InChI=1S/C22H27N3O5S/c1-4-20(22(27)23-2)24(13-17-6-5-7-19(12-17)30-3)21(26)15-31-14-16-8-10-18(11-9-16)25(28)29/h5-12,20H,4,13-15H2,1-3H3,(H,23,27)/t20-/m0/s1. The van der Waals surface area contributed by atoms with Crippen LogP contribution in [0.15, 0.2) is 48.5 Å². The molecule has 0 aliphatic rings. The Kier molecular flexibility index (Phi) is 9.33. The van der Waals surface area contributed by atoms with Crippen molar-refractivity contribution in [1.29, 1.82) is 0 Å². The monoisotopic (exact) mass is 445 g/mol. The van der Waals surface area contributed by atoms with Crippen LogP contribution in [0.25, 0.3) is 0 Å². The minimum absolute atomic E-state index is 0.0330. The number of thioether (sulfide) groups is 1. The van der Waals surface area contributed by atoms with Gasteiger partial charge in [0, 0.05) is 31.5 Å². The average Bonchev–Trinajstić information content (AvgIpc) is 2.79. The topological polar surface area (TPSA) is 102 Å². The molecule has 0 bridgehead atoms. The first kappa shape index (κ1) is 24.2. The molecule has 2 aromatic carbocycles. The zero-order valence-electron chi connectivity index (χ0n) is 17.9. The Labute approximate surface area is 186 Å². The van der Waals surface area contributed by atoms with Gasteiger partial charge in [0.15, 0.2) is 0 Å². The van der Waals surface area contributed by atoms with Crippen LogP contribution < -0.4 is 10.1 Å². The van der Waals surface area contributed by atoms with E-state index in [1.165, 1.54) is 23.9 Å². The van der Waals surface area contributed by atoms with E-state index in [0.29, 0.717) is 24.5 Å². The maximum absolute atomic E-state index is 13.1. The number of likely N-dealkylation sites (N-methyl/N-ethyl adjacent to an activating group) is 1. The molecule has 0 unspecified atom stereocenters. The van der Waals surface area contributed by atoms with Crippen LogP contribution in [-0.4, -0.2) is 47.6 Å². The number of nitrogens with one attached hydrogen (secondary N) is 1. The zero-order valence-corrected chi connectivity index (χ0v) is 18.7. The molecule has 166 valence electrons. The fraction of sp³-hybridized carbons (Fsp3) is 0.364. The van der Waals surface area contributed by atoms with Gasteiger partial charge in [0.25, 0.3) is 5.69 Å². The van der Waals surface area contributed by atoms with E-state index in [4.69, 9.17) is 4.74 Å². The maximum Gasteiger partial charge on any atom is 0.269 e. The number of nitro groups is 1. The van der Waals surface area contributed by atoms with E-state index in [1.807, 2.05) is 31.2 Å². The molecule has 1 atom stereocenters.